The number of nitrogens with zero attached hydrogens (tertiary/aromatic N) is 2. The number of piperidine rings is 2. The third kappa shape index (κ3) is 17.9. The Morgan fingerprint density at radius 1 is 0.629 bits per heavy atom. The molecule has 4 heterocycles. The molecule has 5 N–H and O–H groups in total. The van der Waals surface area contributed by atoms with E-state index in [-0.39, 0.29) is 102 Å². The highest BCUT2D eigenvalue weighted by Gasteiger charge is 2.28. The van der Waals surface area contributed by atoms with E-state index in [1.54, 1.807) is 4.90 Å². The fraction of sp³-hybridized carbons (Fsp3) is 0.529. The first kappa shape index (κ1) is 55.8. The number of hydrogen-bond acceptors (Lipinski definition) is 15. The van der Waals surface area contributed by atoms with Crippen molar-refractivity contribution < 1.29 is 63.1 Å². The van der Waals surface area contributed by atoms with Gasteiger partial charge in [-0.2, -0.15) is 11.0 Å². The number of aromatic hydroxyl groups is 3. The second-order valence-electron chi connectivity index (χ2n) is 17.0. The van der Waals surface area contributed by atoms with E-state index in [9.17, 15) is 34.5 Å². The van der Waals surface area contributed by atoms with Crippen LogP contribution in [0.4, 0.5) is 0 Å². The Hall–Kier alpha value is -5.14. The van der Waals surface area contributed by atoms with E-state index >= 15 is 0 Å². The van der Waals surface area contributed by atoms with E-state index in [0.717, 1.165) is 96.5 Å². The lowest BCUT2D eigenvalue weighted by Gasteiger charge is -2.27. The van der Waals surface area contributed by atoms with E-state index < -0.39 is 29.8 Å². The molecule has 2 atom stereocenters. The summed E-state index contributed by atoms with van der Waals surface area (Å²) in [6.45, 7) is 5.27. The largest absolute Gasteiger partial charge is 0.507 e. The number of carbonyl (C=O) groups excluding carboxylic acids is 4. The molecule has 384 valence electrons. The van der Waals surface area contributed by atoms with Gasteiger partial charge in [-0.1, -0.05) is 71.8 Å². The molecule has 0 bridgehead atoms. The van der Waals surface area contributed by atoms with Gasteiger partial charge < -0.3 is 44.1 Å². The number of halogens is 2. The Morgan fingerprint density at radius 3 is 1.56 bits per heavy atom. The standard InChI is InChI=1S/C27H37ClN2O7.C24H31ClN2O6/c1-2-34-19-36-23-17-22(31)25-21(26(23)28)16-20(12-8-5-3-4-6-11-15-35-27(25)33)29-37-18-24(32)30-13-9-7-10-14-30;25-23-18-14-17(26-33-16-21(30)27-11-7-5-8-12-27)10-6-3-1-2-4-9-13-32-24(31)22(18)19(28)15-20(23)29/h4,6,8,12,17,20,29,31H,2-3,5,7,9-11,13-16,18-19H2,1H3;2,4,6,10,15,17,26,28-29H,1,3,5,7-9,11-14,16H2/b6-4+,12-8+;4-2+,10-6+. The summed E-state index contributed by atoms with van der Waals surface area (Å²) in [6, 6.07) is 1.39. The van der Waals surface area contributed by atoms with Crippen molar-refractivity contribution in [1.82, 2.24) is 20.8 Å². The first-order valence-electron chi connectivity index (χ1n) is 24.2. The highest BCUT2D eigenvalue weighted by atomic mass is 35.5. The Labute approximate surface area is 420 Å². The lowest BCUT2D eigenvalue weighted by atomic mass is 9.98. The van der Waals surface area contributed by atoms with Crippen molar-refractivity contribution in [1.29, 1.82) is 0 Å². The topological polar surface area (TPSA) is 215 Å². The van der Waals surface area contributed by atoms with E-state index in [0.29, 0.717) is 25.0 Å². The van der Waals surface area contributed by atoms with Gasteiger partial charge >= 0.3 is 11.9 Å². The van der Waals surface area contributed by atoms with Crippen molar-refractivity contribution in [3.8, 4) is 23.0 Å². The molecule has 0 aliphatic carbocycles. The van der Waals surface area contributed by atoms with Gasteiger partial charge in [0.15, 0.2) is 6.79 Å². The number of cyclic esters (lactones) is 2. The number of fused-ring (bicyclic) bond motifs is 2. The van der Waals surface area contributed by atoms with Crippen molar-refractivity contribution in [2.24, 2.45) is 0 Å². The number of likely N-dealkylation sites (tertiary alicyclic amines) is 2. The molecule has 6 rings (SSSR count). The summed E-state index contributed by atoms with van der Waals surface area (Å²) in [4.78, 5) is 65.2. The van der Waals surface area contributed by atoms with Gasteiger partial charge in [0, 0.05) is 44.9 Å². The minimum absolute atomic E-state index is 0.0283. The van der Waals surface area contributed by atoms with Crippen LogP contribution in [0.3, 0.4) is 0 Å². The normalized spacial score (nSPS) is 21.4. The molecule has 2 unspecified atom stereocenters. The molecule has 70 heavy (non-hydrogen) atoms. The van der Waals surface area contributed by atoms with Crippen LogP contribution >= 0.6 is 23.2 Å². The molecule has 19 heteroatoms. The molecule has 2 saturated heterocycles. The van der Waals surface area contributed by atoms with Gasteiger partial charge in [0.1, 0.15) is 47.3 Å². The zero-order valence-corrected chi connectivity index (χ0v) is 41.5. The number of phenolic OH excluding ortho intramolecular Hbond substituents is 3. The van der Waals surface area contributed by atoms with E-state index in [4.69, 9.17) is 51.8 Å². The minimum atomic E-state index is -0.723. The summed E-state index contributed by atoms with van der Waals surface area (Å²) in [7, 11) is 0. The van der Waals surface area contributed by atoms with Crippen LogP contribution in [-0.2, 0) is 46.3 Å². The van der Waals surface area contributed by atoms with Crippen molar-refractivity contribution in [3.63, 3.8) is 0 Å². The summed E-state index contributed by atoms with van der Waals surface area (Å²) < 4.78 is 21.5. The van der Waals surface area contributed by atoms with E-state index in [1.165, 1.54) is 6.07 Å². The average molecular weight is 1020 g/mol. The molecular weight excluding hydrogens is 947 g/mol. The van der Waals surface area contributed by atoms with Crippen molar-refractivity contribution in [3.05, 3.63) is 93.0 Å². The predicted octanol–water partition coefficient (Wildman–Crippen LogP) is 7.97. The summed E-state index contributed by atoms with van der Waals surface area (Å²) in [5, 5.41) is 31.4. The van der Waals surface area contributed by atoms with Crippen molar-refractivity contribution >= 4 is 47.0 Å². The maximum atomic E-state index is 13.0. The van der Waals surface area contributed by atoms with Gasteiger partial charge in [-0.05, 0) is 108 Å². The number of hydroxylamine groups is 2. The number of esters is 2. The third-order valence-corrected chi connectivity index (χ3v) is 12.6. The highest BCUT2D eigenvalue weighted by Crippen LogP contribution is 2.39. The molecule has 17 nitrogen and oxygen atoms in total. The van der Waals surface area contributed by atoms with Crippen LogP contribution in [0.5, 0.6) is 23.0 Å². The Kier molecular flexibility index (Phi) is 24.4. The number of nitrogens with one attached hydrogen (secondary N) is 2. The molecule has 0 saturated carbocycles. The molecule has 0 radical (unpaired) electrons. The minimum Gasteiger partial charge on any atom is -0.507 e. The Morgan fingerprint density at radius 2 is 1.07 bits per heavy atom. The number of rotatable bonds is 12. The van der Waals surface area contributed by atoms with E-state index in [1.807, 2.05) is 60.4 Å². The van der Waals surface area contributed by atoms with Crippen LogP contribution in [0.25, 0.3) is 0 Å². The molecule has 2 amide bonds. The van der Waals surface area contributed by atoms with Crippen LogP contribution in [0, 0.1) is 0 Å². The van der Waals surface area contributed by atoms with Crippen LogP contribution in [0.2, 0.25) is 10.0 Å². The lowest BCUT2D eigenvalue weighted by Crippen LogP contribution is -2.40. The van der Waals surface area contributed by atoms with Gasteiger partial charge in [0.2, 0.25) is 0 Å². The summed E-state index contributed by atoms with van der Waals surface area (Å²) >= 11 is 13.0. The third-order valence-electron chi connectivity index (χ3n) is 11.8. The fourth-order valence-corrected chi connectivity index (χ4v) is 8.58. The average Bonchev–Trinajstić information content (AvgIpc) is 3.35. The maximum Gasteiger partial charge on any atom is 0.342 e. The van der Waals surface area contributed by atoms with Crippen molar-refractivity contribution in [2.75, 3.05) is 66.0 Å². The Balaban J connectivity index is 0.000000262. The zero-order valence-electron chi connectivity index (χ0n) is 40.0. The fourth-order valence-electron chi connectivity index (χ4n) is 8.08. The smallest absolute Gasteiger partial charge is 0.342 e. The molecule has 4 aliphatic rings. The van der Waals surface area contributed by atoms with Crippen LogP contribution in [-0.4, -0.2) is 127 Å². The molecule has 2 aromatic carbocycles. The SMILES string of the molecule is CCOCOc1cc(O)c2c(c1Cl)CC(NOCC(=O)N1CCCCC1)/C=C/CC/C=C/CCOC2=O.O=C1OCC/C=C/CC/C=C/C(NOCC(=O)N2CCCCC2)Cc2c(Cl)c(O)cc(O)c21. The first-order valence-corrected chi connectivity index (χ1v) is 25.0. The first-order chi connectivity index (χ1) is 34.0. The van der Waals surface area contributed by atoms with Gasteiger partial charge in [0.25, 0.3) is 11.8 Å². The van der Waals surface area contributed by atoms with Crippen LogP contribution in [0.15, 0.2) is 60.7 Å². The van der Waals surface area contributed by atoms with Gasteiger partial charge in [-0.15, -0.1) is 0 Å². The quantitative estimate of drug-likeness (QED) is 0.0448. The predicted molar refractivity (Wildman–Crippen MR) is 264 cm³/mol. The monoisotopic (exact) mass is 1010 g/mol. The van der Waals surface area contributed by atoms with Gasteiger partial charge in [-0.25, -0.2) is 9.59 Å². The molecule has 4 aliphatic heterocycles. The number of phenols is 3. The number of benzene rings is 2. The van der Waals surface area contributed by atoms with Crippen LogP contribution in [0.1, 0.15) is 116 Å². The van der Waals surface area contributed by atoms with Crippen molar-refractivity contribution in [2.45, 2.75) is 109 Å². The Bertz CT molecular complexity index is 2150. The number of allylic oxidation sites excluding steroid dienone is 4. The van der Waals surface area contributed by atoms with Gasteiger partial charge in [0.05, 0.1) is 35.3 Å². The second-order valence-corrected chi connectivity index (χ2v) is 17.8. The summed E-state index contributed by atoms with van der Waals surface area (Å²) in [5.74, 6) is -2.44. The number of ether oxygens (including phenoxy) is 4. The molecule has 0 spiro atoms. The highest BCUT2D eigenvalue weighted by molar-refractivity contribution is 6.34. The molecule has 0 aromatic heterocycles. The van der Waals surface area contributed by atoms with E-state index in [2.05, 4.69) is 11.0 Å². The lowest BCUT2D eigenvalue weighted by molar-refractivity contribution is -0.141. The molecule has 2 fully saturated rings. The second kappa shape index (κ2) is 30.6. The summed E-state index contributed by atoms with van der Waals surface area (Å²) in [5.41, 5.74) is 6.26. The number of amides is 2. The molecular formula is C51H68Cl2N4O13. The maximum absolute atomic E-state index is 13.0. The van der Waals surface area contributed by atoms with Crippen LogP contribution < -0.4 is 15.7 Å². The molecule has 2 aromatic rings. The summed E-state index contributed by atoms with van der Waals surface area (Å²) in [6.07, 6.45) is 26.6. The van der Waals surface area contributed by atoms with Gasteiger partial charge in [-0.3, -0.25) is 19.3 Å². The number of carbonyl (C=O) groups is 4. The zero-order chi connectivity index (χ0) is 50.1. The number of hydrogen-bond donors (Lipinski definition) is 5.